The van der Waals surface area contributed by atoms with Gasteiger partial charge in [-0.05, 0) is 42.7 Å². The molecule has 2 atom stereocenters. The number of aromatic nitrogens is 2. The fourth-order valence-corrected chi connectivity index (χ4v) is 7.71. The highest BCUT2D eigenvalue weighted by Gasteiger charge is 2.36. The van der Waals surface area contributed by atoms with Crippen LogP contribution in [-0.4, -0.2) is 58.5 Å². The van der Waals surface area contributed by atoms with E-state index >= 15 is 0 Å². The minimum atomic E-state index is -3.05. The Hall–Kier alpha value is -1.62. The minimum Gasteiger partial charge on any atom is -0.335 e. The number of carbonyl (C=O) groups excluding carboxylic acids is 1. The molecule has 0 spiro atoms. The second-order valence-corrected chi connectivity index (χ2v) is 12.7. The first-order valence-corrected chi connectivity index (χ1v) is 14.8. The lowest BCUT2D eigenvalue weighted by Gasteiger charge is -2.33. The Morgan fingerprint density at radius 3 is 2.58 bits per heavy atom. The van der Waals surface area contributed by atoms with Crippen LogP contribution in [0.3, 0.4) is 0 Å². The number of sulfone groups is 1. The second-order valence-electron chi connectivity index (χ2n) is 7.62. The van der Waals surface area contributed by atoms with Gasteiger partial charge in [-0.1, -0.05) is 30.8 Å². The quantitative estimate of drug-likeness (QED) is 0.455. The second kappa shape index (κ2) is 9.48. The first kappa shape index (κ1) is 22.6. The molecule has 3 aromatic rings. The molecule has 0 bridgehead atoms. The Morgan fingerprint density at radius 2 is 2.00 bits per heavy atom. The zero-order valence-electron chi connectivity index (χ0n) is 17.4. The van der Waals surface area contributed by atoms with Crippen LogP contribution in [0.15, 0.2) is 40.2 Å². The van der Waals surface area contributed by atoms with Crippen molar-refractivity contribution in [1.29, 1.82) is 0 Å². The van der Waals surface area contributed by atoms with Crippen molar-refractivity contribution in [3.63, 3.8) is 0 Å². The van der Waals surface area contributed by atoms with E-state index in [0.29, 0.717) is 11.6 Å². The summed E-state index contributed by atoms with van der Waals surface area (Å²) in [5, 5.41) is 4.76. The molecule has 1 aliphatic rings. The molecule has 1 aliphatic heterocycles. The fourth-order valence-electron chi connectivity index (χ4n) is 3.82. The van der Waals surface area contributed by atoms with Gasteiger partial charge in [-0.3, -0.25) is 4.79 Å². The maximum atomic E-state index is 13.1. The lowest BCUT2D eigenvalue weighted by molar-refractivity contribution is -0.132. The summed E-state index contributed by atoms with van der Waals surface area (Å²) in [5.41, 5.74) is 1.86. The summed E-state index contributed by atoms with van der Waals surface area (Å²) < 4.78 is 23.9. The highest BCUT2D eigenvalue weighted by Crippen LogP contribution is 2.37. The van der Waals surface area contributed by atoms with E-state index in [0.717, 1.165) is 27.6 Å². The summed E-state index contributed by atoms with van der Waals surface area (Å²) in [5.74, 6) is 0.424. The van der Waals surface area contributed by atoms with Crippen molar-refractivity contribution in [3.05, 3.63) is 35.0 Å². The highest BCUT2D eigenvalue weighted by atomic mass is 32.2. The lowest BCUT2D eigenvalue weighted by atomic mass is 10.1. The Balaban J connectivity index is 1.53. The van der Waals surface area contributed by atoms with Gasteiger partial charge in [0.05, 0.1) is 32.7 Å². The summed E-state index contributed by atoms with van der Waals surface area (Å²) >= 11 is 4.65. The fraction of sp³-hybridized carbons (Fsp3) is 0.429. The third-order valence-corrected chi connectivity index (χ3v) is 9.86. The van der Waals surface area contributed by atoms with Crippen LogP contribution >= 0.6 is 34.4 Å². The molecule has 10 heteroatoms. The lowest BCUT2D eigenvalue weighted by Crippen LogP contribution is -2.47. The summed E-state index contributed by atoms with van der Waals surface area (Å²) in [6.45, 7) is 4.01. The van der Waals surface area contributed by atoms with E-state index in [9.17, 15) is 13.2 Å². The normalized spacial score (nSPS) is 18.8. The largest absolute Gasteiger partial charge is 0.335 e. The van der Waals surface area contributed by atoms with Crippen molar-refractivity contribution in [2.75, 3.05) is 17.3 Å². The minimum absolute atomic E-state index is 0.00589. The molecular weight excluding hydrogens is 471 g/mol. The van der Waals surface area contributed by atoms with Crippen molar-refractivity contribution in [2.45, 2.75) is 43.9 Å². The summed E-state index contributed by atoms with van der Waals surface area (Å²) in [4.78, 5) is 25.3. The number of thioether (sulfide) groups is 1. The van der Waals surface area contributed by atoms with Gasteiger partial charge < -0.3 is 9.88 Å². The average Bonchev–Trinajstić information content (AvgIpc) is 3.51. The Labute approximate surface area is 195 Å². The maximum absolute atomic E-state index is 13.1. The third-order valence-electron chi connectivity index (χ3n) is 5.49. The average molecular weight is 496 g/mol. The van der Waals surface area contributed by atoms with Crippen LogP contribution in [0.2, 0.25) is 0 Å². The SMILES string of the molecule is CC[C@@H](C)N(C(=O)CSc1nc(-c2cccs2)c(-c2cccs2)[nH]1)[C@H]1CCS(=O)(=O)C1. The molecule has 1 N–H and O–H groups in total. The molecule has 4 rings (SSSR count). The van der Waals surface area contributed by atoms with Gasteiger partial charge in [0.1, 0.15) is 5.69 Å². The van der Waals surface area contributed by atoms with E-state index in [-0.39, 0.29) is 35.2 Å². The van der Waals surface area contributed by atoms with Crippen molar-refractivity contribution in [1.82, 2.24) is 14.9 Å². The number of amides is 1. The first-order valence-electron chi connectivity index (χ1n) is 10.2. The van der Waals surface area contributed by atoms with E-state index in [1.807, 2.05) is 42.8 Å². The van der Waals surface area contributed by atoms with Gasteiger partial charge in [0.15, 0.2) is 15.0 Å². The van der Waals surface area contributed by atoms with E-state index < -0.39 is 9.84 Å². The number of hydrogen-bond acceptors (Lipinski definition) is 7. The number of imidazole rings is 1. The number of aromatic amines is 1. The number of nitrogens with one attached hydrogen (secondary N) is 1. The zero-order chi connectivity index (χ0) is 22.0. The summed E-state index contributed by atoms with van der Waals surface area (Å²) in [6, 6.07) is 7.89. The van der Waals surface area contributed by atoms with Crippen LogP contribution in [0.4, 0.5) is 0 Å². The molecule has 0 aromatic carbocycles. The molecule has 1 saturated heterocycles. The number of thiophene rings is 2. The smallest absolute Gasteiger partial charge is 0.233 e. The van der Waals surface area contributed by atoms with E-state index in [1.54, 1.807) is 27.6 Å². The highest BCUT2D eigenvalue weighted by molar-refractivity contribution is 7.99. The molecule has 3 aromatic heterocycles. The molecule has 1 amide bonds. The topological polar surface area (TPSA) is 83.1 Å². The van der Waals surface area contributed by atoms with Gasteiger partial charge >= 0.3 is 0 Å². The molecule has 166 valence electrons. The van der Waals surface area contributed by atoms with Crippen LogP contribution in [0.1, 0.15) is 26.7 Å². The molecule has 0 aliphatic carbocycles. The van der Waals surface area contributed by atoms with Crippen molar-refractivity contribution < 1.29 is 13.2 Å². The van der Waals surface area contributed by atoms with Gasteiger partial charge in [-0.2, -0.15) is 0 Å². The zero-order valence-corrected chi connectivity index (χ0v) is 20.7. The monoisotopic (exact) mass is 495 g/mol. The van der Waals surface area contributed by atoms with Crippen LogP contribution in [0.5, 0.6) is 0 Å². The van der Waals surface area contributed by atoms with Crippen molar-refractivity contribution >= 4 is 50.2 Å². The van der Waals surface area contributed by atoms with Gasteiger partial charge in [0, 0.05) is 12.1 Å². The predicted octanol–water partition coefficient (Wildman–Crippen LogP) is 4.77. The van der Waals surface area contributed by atoms with Crippen molar-refractivity contribution in [2.24, 2.45) is 0 Å². The van der Waals surface area contributed by atoms with Gasteiger partial charge in [0.2, 0.25) is 5.91 Å². The number of nitrogens with zero attached hydrogens (tertiary/aromatic N) is 2. The Kier molecular flexibility index (Phi) is 6.90. The number of hydrogen-bond donors (Lipinski definition) is 1. The van der Waals surface area contributed by atoms with Gasteiger partial charge in [-0.15, -0.1) is 22.7 Å². The summed E-state index contributed by atoms with van der Waals surface area (Å²) in [6.07, 6.45) is 1.31. The number of rotatable bonds is 8. The predicted molar refractivity (Wildman–Crippen MR) is 130 cm³/mol. The number of H-pyrrole nitrogens is 1. The molecule has 31 heavy (non-hydrogen) atoms. The molecule has 0 unspecified atom stereocenters. The van der Waals surface area contributed by atoms with Crippen LogP contribution in [0, 0.1) is 0 Å². The molecule has 1 fully saturated rings. The van der Waals surface area contributed by atoms with Crippen molar-refractivity contribution in [3.8, 4) is 21.1 Å². The first-order chi connectivity index (χ1) is 14.9. The van der Waals surface area contributed by atoms with E-state index in [2.05, 4.69) is 11.1 Å². The van der Waals surface area contributed by atoms with Crippen LogP contribution in [-0.2, 0) is 14.6 Å². The van der Waals surface area contributed by atoms with Crippen LogP contribution < -0.4 is 0 Å². The van der Waals surface area contributed by atoms with Gasteiger partial charge in [0.25, 0.3) is 0 Å². The standard InChI is InChI=1S/C21H25N3O3S4/c1-3-14(2)24(15-8-11-31(26,27)13-15)18(25)12-30-21-22-19(16-6-4-9-28-16)20(23-21)17-7-5-10-29-17/h4-7,9-10,14-15H,3,8,11-13H2,1-2H3,(H,22,23)/t14-,15+/m1/s1. The molecule has 4 heterocycles. The molecule has 0 saturated carbocycles. The molecule has 6 nitrogen and oxygen atoms in total. The third kappa shape index (κ3) is 5.08. The molecule has 0 radical (unpaired) electrons. The molecular formula is C21H25N3O3S4. The Morgan fingerprint density at radius 1 is 1.29 bits per heavy atom. The maximum Gasteiger partial charge on any atom is 0.233 e. The van der Waals surface area contributed by atoms with Crippen LogP contribution in [0.25, 0.3) is 21.1 Å². The number of carbonyl (C=O) groups is 1. The van der Waals surface area contributed by atoms with Gasteiger partial charge in [-0.25, -0.2) is 13.4 Å². The Bertz CT molecular complexity index is 1070. The van der Waals surface area contributed by atoms with E-state index in [1.165, 1.54) is 11.8 Å². The van der Waals surface area contributed by atoms with E-state index in [4.69, 9.17) is 4.98 Å². The summed E-state index contributed by atoms with van der Waals surface area (Å²) in [7, 11) is -3.05.